The van der Waals surface area contributed by atoms with Crippen molar-refractivity contribution in [3.8, 4) is 0 Å². The Kier molecular flexibility index (Phi) is 6.88. The van der Waals surface area contributed by atoms with E-state index in [1.165, 1.54) is 7.11 Å². The predicted octanol–water partition coefficient (Wildman–Crippen LogP) is 2.63. The fourth-order valence-electron chi connectivity index (χ4n) is 2.04. The summed E-state index contributed by atoms with van der Waals surface area (Å²) in [6.45, 7) is 2.88. The number of ether oxygens (including phenoxy) is 1. The van der Waals surface area contributed by atoms with Gasteiger partial charge in [-0.15, -0.1) is 0 Å². The molecule has 1 atom stereocenters. The zero-order chi connectivity index (χ0) is 15.1. The molecule has 0 saturated heterocycles. The number of nitrogens with two attached hydrogens (primary N) is 1. The van der Waals surface area contributed by atoms with Crippen LogP contribution in [0.15, 0.2) is 18.2 Å². The number of hydrogen-bond acceptors (Lipinski definition) is 5. The van der Waals surface area contributed by atoms with Crippen LogP contribution in [0.3, 0.4) is 0 Å². The smallest absolute Gasteiger partial charge is 0.340 e. The van der Waals surface area contributed by atoms with E-state index in [0.717, 1.165) is 17.7 Å². The van der Waals surface area contributed by atoms with E-state index in [1.807, 2.05) is 23.9 Å². The van der Waals surface area contributed by atoms with Crippen molar-refractivity contribution < 1.29 is 9.53 Å². The molecule has 0 fully saturated rings. The molecule has 0 amide bonds. The van der Waals surface area contributed by atoms with Crippen LogP contribution in [0.25, 0.3) is 0 Å². The first-order valence-electron chi connectivity index (χ1n) is 6.66. The maximum Gasteiger partial charge on any atom is 0.340 e. The lowest BCUT2D eigenvalue weighted by Crippen LogP contribution is -2.30. The molecule has 1 rings (SSSR count). The van der Waals surface area contributed by atoms with Crippen molar-refractivity contribution in [1.29, 1.82) is 0 Å². The Labute approximate surface area is 125 Å². The summed E-state index contributed by atoms with van der Waals surface area (Å²) in [5, 5.41) is 0. The van der Waals surface area contributed by atoms with Crippen LogP contribution in [-0.2, 0) is 11.3 Å². The van der Waals surface area contributed by atoms with E-state index in [1.54, 1.807) is 6.07 Å². The maximum absolute atomic E-state index is 11.9. The second-order valence-electron chi connectivity index (χ2n) is 4.92. The number of nitrogen functional groups attached to an aromatic ring is 1. The number of anilines is 1. The van der Waals surface area contributed by atoms with Gasteiger partial charge in [-0.2, -0.15) is 11.8 Å². The van der Waals surface area contributed by atoms with Gasteiger partial charge in [0.15, 0.2) is 0 Å². The number of nitrogens with zero attached hydrogens (tertiary/aromatic N) is 1. The number of rotatable bonds is 7. The molecule has 0 radical (unpaired) electrons. The highest BCUT2D eigenvalue weighted by Crippen LogP contribution is 2.20. The SMILES string of the molecule is COC(=O)c1c(N)cccc1CN(C)C(C)CCSC. The van der Waals surface area contributed by atoms with Gasteiger partial charge in [0, 0.05) is 18.3 Å². The Balaban J connectivity index is 2.86. The van der Waals surface area contributed by atoms with E-state index in [9.17, 15) is 4.79 Å². The van der Waals surface area contributed by atoms with Gasteiger partial charge in [0.1, 0.15) is 0 Å². The van der Waals surface area contributed by atoms with Crippen molar-refractivity contribution in [2.45, 2.75) is 25.9 Å². The summed E-state index contributed by atoms with van der Waals surface area (Å²) in [5.74, 6) is 0.759. The van der Waals surface area contributed by atoms with Gasteiger partial charge in [0.05, 0.1) is 12.7 Å². The van der Waals surface area contributed by atoms with Crippen LogP contribution in [0.1, 0.15) is 29.3 Å². The highest BCUT2D eigenvalue weighted by atomic mass is 32.2. The van der Waals surface area contributed by atoms with Crippen molar-refractivity contribution in [3.63, 3.8) is 0 Å². The van der Waals surface area contributed by atoms with Gasteiger partial charge in [0.2, 0.25) is 0 Å². The first kappa shape index (κ1) is 16.9. The third kappa shape index (κ3) is 4.42. The van der Waals surface area contributed by atoms with Gasteiger partial charge in [-0.05, 0) is 44.0 Å². The Morgan fingerprint density at radius 2 is 2.20 bits per heavy atom. The molecule has 0 aliphatic rings. The largest absolute Gasteiger partial charge is 0.465 e. The number of esters is 1. The third-order valence-corrected chi connectivity index (χ3v) is 4.13. The maximum atomic E-state index is 11.9. The summed E-state index contributed by atoms with van der Waals surface area (Å²) < 4.78 is 4.82. The molecule has 2 N–H and O–H groups in total. The number of methoxy groups -OCH3 is 1. The molecule has 112 valence electrons. The summed E-state index contributed by atoms with van der Waals surface area (Å²) in [4.78, 5) is 14.1. The minimum Gasteiger partial charge on any atom is -0.465 e. The minimum absolute atomic E-state index is 0.372. The van der Waals surface area contributed by atoms with Crippen LogP contribution in [0.5, 0.6) is 0 Å². The molecule has 5 heteroatoms. The van der Waals surface area contributed by atoms with E-state index >= 15 is 0 Å². The number of carbonyl (C=O) groups is 1. The first-order chi connectivity index (χ1) is 9.51. The van der Waals surface area contributed by atoms with E-state index in [4.69, 9.17) is 10.5 Å². The molecular weight excluding hydrogens is 272 g/mol. The lowest BCUT2D eigenvalue weighted by Gasteiger charge is -2.25. The summed E-state index contributed by atoms with van der Waals surface area (Å²) in [6.07, 6.45) is 3.23. The lowest BCUT2D eigenvalue weighted by atomic mass is 10.0. The Bertz CT molecular complexity index is 451. The Morgan fingerprint density at radius 1 is 1.50 bits per heavy atom. The molecule has 0 bridgehead atoms. The molecule has 0 aromatic heterocycles. The van der Waals surface area contributed by atoms with E-state index < -0.39 is 0 Å². The van der Waals surface area contributed by atoms with E-state index in [-0.39, 0.29) is 5.97 Å². The average molecular weight is 296 g/mol. The summed E-state index contributed by atoms with van der Waals surface area (Å²) in [5.41, 5.74) is 7.78. The van der Waals surface area contributed by atoms with Gasteiger partial charge in [-0.25, -0.2) is 4.79 Å². The van der Waals surface area contributed by atoms with Crippen molar-refractivity contribution >= 4 is 23.4 Å². The molecule has 0 spiro atoms. The normalized spacial score (nSPS) is 12.4. The van der Waals surface area contributed by atoms with E-state index in [2.05, 4.69) is 25.1 Å². The molecular formula is C15H24N2O2S. The zero-order valence-electron chi connectivity index (χ0n) is 12.7. The van der Waals surface area contributed by atoms with Gasteiger partial charge >= 0.3 is 5.97 Å². The molecule has 4 nitrogen and oxygen atoms in total. The summed E-state index contributed by atoms with van der Waals surface area (Å²) in [6, 6.07) is 5.99. The van der Waals surface area contributed by atoms with Crippen LogP contribution in [0.2, 0.25) is 0 Å². The number of thioether (sulfide) groups is 1. The zero-order valence-corrected chi connectivity index (χ0v) is 13.5. The quantitative estimate of drug-likeness (QED) is 0.619. The summed E-state index contributed by atoms with van der Waals surface area (Å²) in [7, 11) is 3.44. The fraction of sp³-hybridized carbons (Fsp3) is 0.533. The molecule has 0 aliphatic heterocycles. The highest BCUT2D eigenvalue weighted by Gasteiger charge is 2.18. The van der Waals surface area contributed by atoms with Gasteiger partial charge in [-0.3, -0.25) is 4.90 Å². The number of hydrogen-bond donors (Lipinski definition) is 1. The third-order valence-electron chi connectivity index (χ3n) is 3.48. The molecule has 1 aromatic carbocycles. The number of carbonyl (C=O) groups excluding carboxylic acids is 1. The van der Waals surface area contributed by atoms with Crippen molar-refractivity contribution in [2.75, 3.05) is 31.9 Å². The van der Waals surface area contributed by atoms with Crippen LogP contribution < -0.4 is 5.73 Å². The second kappa shape index (κ2) is 8.17. The molecule has 1 unspecified atom stereocenters. The standard InChI is InChI=1S/C15H24N2O2S/c1-11(8-9-20-4)17(2)10-12-6-5-7-13(16)14(12)15(18)19-3/h5-7,11H,8-10,16H2,1-4H3. The van der Waals surface area contributed by atoms with Gasteiger partial charge < -0.3 is 10.5 Å². The Hall–Kier alpha value is -1.20. The van der Waals surface area contributed by atoms with Crippen LogP contribution >= 0.6 is 11.8 Å². The Morgan fingerprint density at radius 3 is 2.80 bits per heavy atom. The first-order valence-corrected chi connectivity index (χ1v) is 8.05. The summed E-state index contributed by atoms with van der Waals surface area (Å²) >= 11 is 1.85. The van der Waals surface area contributed by atoms with Crippen LogP contribution in [-0.4, -0.2) is 43.1 Å². The second-order valence-corrected chi connectivity index (χ2v) is 5.90. The van der Waals surface area contributed by atoms with Crippen molar-refractivity contribution in [1.82, 2.24) is 4.90 Å². The minimum atomic E-state index is -0.372. The monoisotopic (exact) mass is 296 g/mol. The topological polar surface area (TPSA) is 55.6 Å². The van der Waals surface area contributed by atoms with Gasteiger partial charge in [-0.1, -0.05) is 12.1 Å². The van der Waals surface area contributed by atoms with Crippen molar-refractivity contribution in [2.24, 2.45) is 0 Å². The predicted molar refractivity (Wildman–Crippen MR) is 86.1 cm³/mol. The number of benzene rings is 1. The molecule has 20 heavy (non-hydrogen) atoms. The van der Waals surface area contributed by atoms with Crippen LogP contribution in [0.4, 0.5) is 5.69 Å². The molecule has 0 heterocycles. The molecule has 0 aliphatic carbocycles. The lowest BCUT2D eigenvalue weighted by molar-refractivity contribution is 0.0599. The average Bonchev–Trinajstić information content (AvgIpc) is 2.44. The molecule has 1 aromatic rings. The molecule has 0 saturated carbocycles. The van der Waals surface area contributed by atoms with Crippen LogP contribution in [0, 0.1) is 0 Å². The van der Waals surface area contributed by atoms with E-state index in [0.29, 0.717) is 23.8 Å². The van der Waals surface area contributed by atoms with Crippen molar-refractivity contribution in [3.05, 3.63) is 29.3 Å². The highest BCUT2D eigenvalue weighted by molar-refractivity contribution is 7.98. The van der Waals surface area contributed by atoms with Gasteiger partial charge in [0.25, 0.3) is 0 Å². The fourth-order valence-corrected chi connectivity index (χ4v) is 2.61.